The van der Waals surface area contributed by atoms with Crippen LogP contribution < -0.4 is 17.0 Å². The molecule has 0 bridgehead atoms. The number of hydrogen-bond acceptors (Lipinski definition) is 7. The predicted molar refractivity (Wildman–Crippen MR) is 122 cm³/mol. The second-order valence-corrected chi connectivity index (χ2v) is 9.56. The number of rotatable bonds is 5. The van der Waals surface area contributed by atoms with Gasteiger partial charge in [-0.05, 0) is 38.3 Å². The lowest BCUT2D eigenvalue weighted by Gasteiger charge is -2.51. The summed E-state index contributed by atoms with van der Waals surface area (Å²) in [5.74, 6) is -1.29. The van der Waals surface area contributed by atoms with Gasteiger partial charge in [-0.1, -0.05) is 12.1 Å². The Morgan fingerprint density at radius 2 is 1.94 bits per heavy atom. The van der Waals surface area contributed by atoms with Crippen LogP contribution in [0.2, 0.25) is 0 Å². The number of nitrogens with one attached hydrogen (secondary N) is 1. The molecule has 184 valence electrons. The first kappa shape index (κ1) is 24.1. The Morgan fingerprint density at radius 1 is 1.26 bits per heavy atom. The molecule has 11 heteroatoms. The van der Waals surface area contributed by atoms with Crippen molar-refractivity contribution >= 4 is 22.8 Å². The lowest BCUT2D eigenvalue weighted by atomic mass is 9.77. The van der Waals surface area contributed by atoms with E-state index in [2.05, 4.69) is 4.98 Å². The summed E-state index contributed by atoms with van der Waals surface area (Å²) in [4.78, 5) is 52.6. The number of nitrogens with two attached hydrogens (primary N) is 1. The Bertz CT molecular complexity index is 1210. The van der Waals surface area contributed by atoms with Crippen LogP contribution in [0.5, 0.6) is 0 Å². The number of hydrogen-bond donors (Lipinski definition) is 4. The predicted octanol–water partition coefficient (Wildman–Crippen LogP) is -0.0445. The summed E-state index contributed by atoms with van der Waals surface area (Å²) in [5.41, 5.74) is 3.24. The van der Waals surface area contributed by atoms with Crippen molar-refractivity contribution in [3.8, 4) is 0 Å². The maximum absolute atomic E-state index is 12.9. The van der Waals surface area contributed by atoms with Crippen molar-refractivity contribution in [1.82, 2.24) is 14.5 Å². The lowest BCUT2D eigenvalue weighted by Crippen LogP contribution is -2.59. The van der Waals surface area contributed by atoms with Crippen LogP contribution in [0.3, 0.4) is 0 Å². The van der Waals surface area contributed by atoms with E-state index in [1.165, 1.54) is 4.57 Å². The number of H-pyrrole nitrogens is 1. The van der Waals surface area contributed by atoms with Crippen molar-refractivity contribution in [3.63, 3.8) is 0 Å². The Hall–Kier alpha value is -3.02. The number of benzene rings is 1. The molecule has 0 saturated carbocycles. The topological polar surface area (TPSA) is 168 Å². The number of para-hydroxylation sites is 1. The number of piperidine rings is 1. The summed E-state index contributed by atoms with van der Waals surface area (Å²) in [6.07, 6.45) is 1.18. The fraction of sp³-hybridized carbons (Fsp3) is 0.565. The number of aliphatic hydroxyl groups is 1. The number of carbonyl (C=O) groups is 2. The summed E-state index contributed by atoms with van der Waals surface area (Å²) >= 11 is 0. The molecule has 1 spiro atoms. The zero-order valence-electron chi connectivity index (χ0n) is 19.0. The van der Waals surface area contributed by atoms with Gasteiger partial charge in [0.2, 0.25) is 5.91 Å². The quantitative estimate of drug-likeness (QED) is 0.468. The smallest absolute Gasteiger partial charge is 0.329 e. The molecule has 1 aromatic heterocycles. The molecule has 4 rings (SSSR count). The Morgan fingerprint density at radius 3 is 2.62 bits per heavy atom. The van der Waals surface area contributed by atoms with Gasteiger partial charge in [0.1, 0.15) is 5.60 Å². The highest BCUT2D eigenvalue weighted by atomic mass is 16.5. The molecule has 1 amide bonds. The molecule has 0 radical (unpaired) electrons. The van der Waals surface area contributed by atoms with Crippen LogP contribution in [-0.4, -0.2) is 73.5 Å². The minimum atomic E-state index is -1.36. The molecule has 2 aromatic rings. The molecule has 3 atom stereocenters. The third-order valence-electron chi connectivity index (χ3n) is 7.09. The van der Waals surface area contributed by atoms with Gasteiger partial charge in [0, 0.05) is 25.9 Å². The Labute approximate surface area is 195 Å². The summed E-state index contributed by atoms with van der Waals surface area (Å²) < 4.78 is 7.58. The van der Waals surface area contributed by atoms with E-state index in [-0.39, 0.29) is 25.4 Å². The number of carbonyl (C=O) groups excluding carboxylic acids is 1. The Balaban J connectivity index is 1.56. The molecular formula is C23H30N4O7. The molecule has 34 heavy (non-hydrogen) atoms. The van der Waals surface area contributed by atoms with E-state index in [1.807, 2.05) is 0 Å². The van der Waals surface area contributed by atoms with Crippen LogP contribution in [0.1, 0.15) is 45.1 Å². The highest BCUT2D eigenvalue weighted by Crippen LogP contribution is 2.44. The fourth-order valence-corrected chi connectivity index (χ4v) is 5.04. The molecule has 11 nitrogen and oxygen atoms in total. The summed E-state index contributed by atoms with van der Waals surface area (Å²) in [7, 11) is 0. The van der Waals surface area contributed by atoms with Gasteiger partial charge in [-0.15, -0.1) is 0 Å². The normalized spacial score (nSPS) is 25.4. The summed E-state index contributed by atoms with van der Waals surface area (Å²) in [5, 5.41) is 20.3. The number of amides is 1. The van der Waals surface area contributed by atoms with Gasteiger partial charge in [0.15, 0.2) is 0 Å². The molecule has 0 aliphatic carbocycles. The molecule has 0 unspecified atom stereocenters. The van der Waals surface area contributed by atoms with E-state index in [9.17, 15) is 24.3 Å². The van der Waals surface area contributed by atoms with Crippen molar-refractivity contribution in [2.24, 2.45) is 5.73 Å². The number of carboxylic acid groups (broad SMARTS) is 1. The zero-order valence-corrected chi connectivity index (χ0v) is 19.0. The van der Waals surface area contributed by atoms with Gasteiger partial charge < -0.3 is 25.6 Å². The van der Waals surface area contributed by atoms with E-state index in [1.54, 1.807) is 36.1 Å². The van der Waals surface area contributed by atoms with E-state index in [0.29, 0.717) is 43.3 Å². The fourth-order valence-electron chi connectivity index (χ4n) is 5.04. The molecular weight excluding hydrogens is 444 g/mol. The van der Waals surface area contributed by atoms with Crippen LogP contribution >= 0.6 is 0 Å². The van der Waals surface area contributed by atoms with Gasteiger partial charge in [0.25, 0.3) is 5.56 Å². The monoisotopic (exact) mass is 474 g/mol. The summed E-state index contributed by atoms with van der Waals surface area (Å²) in [6.45, 7) is 2.34. The Kier molecular flexibility index (Phi) is 6.36. The zero-order chi connectivity index (χ0) is 24.7. The number of ether oxygens (including phenoxy) is 1. The van der Waals surface area contributed by atoms with Crippen LogP contribution in [-0.2, 0) is 14.3 Å². The van der Waals surface area contributed by atoms with Crippen molar-refractivity contribution in [2.45, 2.75) is 62.3 Å². The molecule has 1 aromatic carbocycles. The van der Waals surface area contributed by atoms with E-state index in [0.717, 1.165) is 0 Å². The van der Waals surface area contributed by atoms with E-state index < -0.39 is 40.5 Å². The SMILES string of the molecule is C[C@]1(O)COC2(CCN(C(=O)[C@@H](N)CCC(=O)O)CC2)C[C@@H]1n1c(=O)[nH]c(=O)c2ccccc21. The highest BCUT2D eigenvalue weighted by molar-refractivity contribution is 5.82. The van der Waals surface area contributed by atoms with Crippen LogP contribution in [0, 0.1) is 0 Å². The maximum Gasteiger partial charge on any atom is 0.329 e. The first-order valence-corrected chi connectivity index (χ1v) is 11.4. The first-order chi connectivity index (χ1) is 16.0. The van der Waals surface area contributed by atoms with Gasteiger partial charge in [-0.2, -0.15) is 0 Å². The highest BCUT2D eigenvalue weighted by Gasteiger charge is 2.50. The number of aromatic nitrogens is 2. The molecule has 3 heterocycles. The second kappa shape index (κ2) is 8.97. The molecule has 2 aliphatic heterocycles. The molecule has 2 aliphatic rings. The number of fused-ring (bicyclic) bond motifs is 1. The van der Waals surface area contributed by atoms with Crippen molar-refractivity contribution < 1.29 is 24.5 Å². The number of likely N-dealkylation sites (tertiary alicyclic amines) is 1. The number of carboxylic acids is 1. The largest absolute Gasteiger partial charge is 0.481 e. The van der Waals surface area contributed by atoms with E-state index >= 15 is 0 Å². The first-order valence-electron chi connectivity index (χ1n) is 11.4. The van der Waals surface area contributed by atoms with Crippen molar-refractivity contribution in [3.05, 3.63) is 45.1 Å². The van der Waals surface area contributed by atoms with Crippen molar-refractivity contribution in [1.29, 1.82) is 0 Å². The van der Waals surface area contributed by atoms with Gasteiger partial charge >= 0.3 is 11.7 Å². The number of nitrogens with zero attached hydrogens (tertiary/aromatic N) is 2. The minimum Gasteiger partial charge on any atom is -0.481 e. The molecule has 2 fully saturated rings. The third-order valence-corrected chi connectivity index (χ3v) is 7.09. The van der Waals surface area contributed by atoms with E-state index in [4.69, 9.17) is 15.6 Å². The maximum atomic E-state index is 12.9. The number of aromatic amines is 1. The standard InChI is InChI=1S/C23H30N4O7/c1-22(33)13-34-23(8-10-26(11-9-23)20(31)15(24)6-7-18(28)29)12-17(22)27-16-5-3-2-4-14(16)19(30)25-21(27)32/h2-5,15,17,33H,6-13,24H2,1H3,(H,28,29)(H,25,30,32)/t15-,17-,22-/m0/s1. The lowest BCUT2D eigenvalue weighted by molar-refractivity contribution is -0.201. The van der Waals surface area contributed by atoms with Gasteiger partial charge in [0.05, 0.1) is 35.2 Å². The van der Waals surface area contributed by atoms with Gasteiger partial charge in [-0.25, -0.2) is 4.79 Å². The average molecular weight is 475 g/mol. The molecule has 5 N–H and O–H groups in total. The third kappa shape index (κ3) is 4.50. The number of aliphatic carboxylic acids is 1. The van der Waals surface area contributed by atoms with Crippen molar-refractivity contribution in [2.75, 3.05) is 19.7 Å². The van der Waals surface area contributed by atoms with Crippen LogP contribution in [0.25, 0.3) is 10.9 Å². The van der Waals surface area contributed by atoms with Crippen LogP contribution in [0.15, 0.2) is 33.9 Å². The summed E-state index contributed by atoms with van der Waals surface area (Å²) in [6, 6.07) is 5.23. The second-order valence-electron chi connectivity index (χ2n) is 9.56. The minimum absolute atomic E-state index is 0.0103. The van der Waals surface area contributed by atoms with Crippen LogP contribution in [0.4, 0.5) is 0 Å². The van der Waals surface area contributed by atoms with Gasteiger partial charge in [-0.3, -0.25) is 23.9 Å². The average Bonchev–Trinajstić information content (AvgIpc) is 2.80. The molecule has 2 saturated heterocycles.